The van der Waals surface area contributed by atoms with Crippen LogP contribution in [0.4, 0.5) is 0 Å². The number of thiophene rings is 1. The average molecular weight is 227 g/mol. The number of nitrogens with two attached hydrogens (primary N) is 1. The molecule has 1 heterocycles. The van der Waals surface area contributed by atoms with Crippen molar-refractivity contribution in [2.75, 3.05) is 0 Å². The van der Waals surface area contributed by atoms with E-state index in [-0.39, 0.29) is 18.2 Å². The van der Waals surface area contributed by atoms with Crippen molar-refractivity contribution in [1.29, 1.82) is 0 Å². The fraction of sp³-hybridized carbons (Fsp3) is 0.667. The highest BCUT2D eigenvalue weighted by atomic mass is 32.1. The molecule has 2 N–H and O–H groups in total. The lowest BCUT2D eigenvalue weighted by Crippen LogP contribution is -2.31. The van der Waals surface area contributed by atoms with E-state index in [9.17, 15) is 0 Å². The molecule has 86 valence electrons. The topological polar surface area (TPSA) is 35.2 Å². The minimum atomic E-state index is 0.0601. The molecule has 15 heavy (non-hydrogen) atoms. The molecular weight excluding hydrogens is 206 g/mol. The quantitative estimate of drug-likeness (QED) is 0.809. The Morgan fingerprint density at radius 2 is 2.13 bits per heavy atom. The van der Waals surface area contributed by atoms with Crippen LogP contribution in [0.1, 0.15) is 44.6 Å². The molecule has 1 aromatic rings. The summed E-state index contributed by atoms with van der Waals surface area (Å²) in [6.45, 7) is 6.34. The molecule has 1 aromatic heterocycles. The standard InChI is InChI=1S/C12H21NOS/c1-4-9(3)14-12(10(13)5-2)11-7-6-8-15-11/h6-10,12H,4-5,13H2,1-3H3. The SMILES string of the molecule is CCC(C)OC(c1cccs1)C(N)CC. The summed E-state index contributed by atoms with van der Waals surface area (Å²) in [6.07, 6.45) is 2.30. The van der Waals surface area contributed by atoms with Gasteiger partial charge < -0.3 is 10.5 Å². The molecule has 3 atom stereocenters. The first kappa shape index (κ1) is 12.7. The Morgan fingerprint density at radius 3 is 2.60 bits per heavy atom. The van der Waals surface area contributed by atoms with Crippen LogP contribution in [0, 0.1) is 0 Å². The van der Waals surface area contributed by atoms with E-state index in [1.54, 1.807) is 11.3 Å². The Balaban J connectivity index is 2.70. The summed E-state index contributed by atoms with van der Waals surface area (Å²) in [4.78, 5) is 1.24. The first-order valence-corrected chi connectivity index (χ1v) is 6.51. The molecule has 0 aliphatic rings. The largest absolute Gasteiger partial charge is 0.368 e. The lowest BCUT2D eigenvalue weighted by Gasteiger charge is -2.25. The zero-order chi connectivity index (χ0) is 11.3. The van der Waals surface area contributed by atoms with Gasteiger partial charge in [0.15, 0.2) is 0 Å². The first-order valence-electron chi connectivity index (χ1n) is 5.63. The van der Waals surface area contributed by atoms with Gasteiger partial charge in [0.1, 0.15) is 6.10 Å². The predicted octanol–water partition coefficient (Wildman–Crippen LogP) is 3.34. The van der Waals surface area contributed by atoms with Crippen LogP contribution < -0.4 is 5.73 Å². The minimum Gasteiger partial charge on any atom is -0.368 e. The van der Waals surface area contributed by atoms with E-state index >= 15 is 0 Å². The maximum atomic E-state index is 6.09. The highest BCUT2D eigenvalue weighted by molar-refractivity contribution is 7.10. The molecule has 3 unspecified atom stereocenters. The smallest absolute Gasteiger partial charge is 0.107 e. The molecule has 2 nitrogen and oxygen atoms in total. The fourth-order valence-corrected chi connectivity index (χ4v) is 2.23. The Kier molecular flexibility index (Phi) is 5.29. The summed E-state index contributed by atoms with van der Waals surface area (Å²) in [5, 5.41) is 2.07. The van der Waals surface area contributed by atoms with Gasteiger partial charge in [-0.1, -0.05) is 19.9 Å². The Bertz CT molecular complexity index is 261. The van der Waals surface area contributed by atoms with Crippen molar-refractivity contribution in [1.82, 2.24) is 0 Å². The van der Waals surface area contributed by atoms with Gasteiger partial charge in [0.25, 0.3) is 0 Å². The second-order valence-electron chi connectivity index (χ2n) is 3.86. The van der Waals surface area contributed by atoms with Gasteiger partial charge in [0, 0.05) is 10.9 Å². The van der Waals surface area contributed by atoms with Gasteiger partial charge >= 0.3 is 0 Å². The van der Waals surface area contributed by atoms with E-state index in [2.05, 4.69) is 38.3 Å². The summed E-state index contributed by atoms with van der Waals surface area (Å²) in [6, 6.07) is 4.25. The van der Waals surface area contributed by atoms with Crippen LogP contribution in [0.25, 0.3) is 0 Å². The van der Waals surface area contributed by atoms with Gasteiger partial charge in [-0.2, -0.15) is 0 Å². The van der Waals surface area contributed by atoms with Gasteiger partial charge in [-0.25, -0.2) is 0 Å². The second kappa shape index (κ2) is 6.26. The van der Waals surface area contributed by atoms with Crippen LogP contribution in [0.2, 0.25) is 0 Å². The van der Waals surface area contributed by atoms with E-state index in [0.717, 1.165) is 12.8 Å². The van der Waals surface area contributed by atoms with Crippen molar-refractivity contribution in [2.45, 2.75) is 51.9 Å². The zero-order valence-corrected chi connectivity index (χ0v) is 10.6. The summed E-state index contributed by atoms with van der Waals surface area (Å²) < 4.78 is 5.98. The molecule has 0 amide bonds. The fourth-order valence-electron chi connectivity index (χ4n) is 1.39. The lowest BCUT2D eigenvalue weighted by atomic mass is 10.1. The number of hydrogen-bond acceptors (Lipinski definition) is 3. The maximum Gasteiger partial charge on any atom is 0.107 e. The van der Waals surface area contributed by atoms with Crippen LogP contribution in [0.3, 0.4) is 0 Å². The van der Waals surface area contributed by atoms with Gasteiger partial charge in [-0.3, -0.25) is 0 Å². The molecule has 0 saturated heterocycles. The highest BCUT2D eigenvalue weighted by Crippen LogP contribution is 2.27. The molecule has 0 spiro atoms. The normalized spacial score (nSPS) is 17.3. The van der Waals surface area contributed by atoms with Crippen molar-refractivity contribution in [2.24, 2.45) is 5.73 Å². The van der Waals surface area contributed by atoms with Crippen molar-refractivity contribution in [3.05, 3.63) is 22.4 Å². The van der Waals surface area contributed by atoms with Crippen LogP contribution in [0.15, 0.2) is 17.5 Å². The Labute approximate surface area is 96.4 Å². The molecule has 0 aliphatic heterocycles. The summed E-state index contributed by atoms with van der Waals surface area (Å²) >= 11 is 1.72. The third-order valence-corrected chi connectivity index (χ3v) is 3.57. The van der Waals surface area contributed by atoms with E-state index < -0.39 is 0 Å². The number of hydrogen-bond donors (Lipinski definition) is 1. The van der Waals surface area contributed by atoms with Crippen molar-refractivity contribution < 1.29 is 4.74 Å². The molecule has 0 aliphatic carbocycles. The zero-order valence-electron chi connectivity index (χ0n) is 9.77. The van der Waals surface area contributed by atoms with Crippen LogP contribution in [-0.4, -0.2) is 12.1 Å². The molecule has 3 heteroatoms. The molecule has 0 radical (unpaired) electrons. The van der Waals surface area contributed by atoms with E-state index in [4.69, 9.17) is 10.5 Å². The van der Waals surface area contributed by atoms with Gasteiger partial charge in [0.2, 0.25) is 0 Å². The van der Waals surface area contributed by atoms with Crippen molar-refractivity contribution >= 4 is 11.3 Å². The maximum absolute atomic E-state index is 6.09. The molecule has 0 saturated carbocycles. The van der Waals surface area contributed by atoms with Crippen LogP contribution in [0.5, 0.6) is 0 Å². The Hall–Kier alpha value is -0.380. The van der Waals surface area contributed by atoms with Crippen LogP contribution in [-0.2, 0) is 4.74 Å². The highest BCUT2D eigenvalue weighted by Gasteiger charge is 2.21. The van der Waals surface area contributed by atoms with Crippen LogP contribution >= 0.6 is 11.3 Å². The number of ether oxygens (including phenoxy) is 1. The molecule has 0 bridgehead atoms. The predicted molar refractivity (Wildman–Crippen MR) is 66.2 cm³/mol. The monoisotopic (exact) mass is 227 g/mol. The molecule has 1 rings (SSSR count). The second-order valence-corrected chi connectivity index (χ2v) is 4.84. The van der Waals surface area contributed by atoms with Gasteiger partial charge in [-0.05, 0) is 31.2 Å². The summed E-state index contributed by atoms with van der Waals surface area (Å²) in [5.41, 5.74) is 6.09. The summed E-state index contributed by atoms with van der Waals surface area (Å²) in [7, 11) is 0. The Morgan fingerprint density at radius 1 is 1.40 bits per heavy atom. The van der Waals surface area contributed by atoms with Gasteiger partial charge in [0.05, 0.1) is 6.10 Å². The van der Waals surface area contributed by atoms with Gasteiger partial charge in [-0.15, -0.1) is 11.3 Å². The molecular formula is C12H21NOS. The third kappa shape index (κ3) is 3.59. The van der Waals surface area contributed by atoms with E-state index in [1.165, 1.54) is 4.88 Å². The number of rotatable bonds is 6. The lowest BCUT2D eigenvalue weighted by molar-refractivity contribution is -0.0177. The minimum absolute atomic E-state index is 0.0601. The van der Waals surface area contributed by atoms with Crippen molar-refractivity contribution in [3.8, 4) is 0 Å². The first-order chi connectivity index (χ1) is 7.19. The summed E-state index contributed by atoms with van der Waals surface area (Å²) in [5.74, 6) is 0. The average Bonchev–Trinajstić information content (AvgIpc) is 2.77. The molecule has 0 aromatic carbocycles. The van der Waals surface area contributed by atoms with E-state index in [0.29, 0.717) is 0 Å². The van der Waals surface area contributed by atoms with E-state index in [1.807, 2.05) is 0 Å². The third-order valence-electron chi connectivity index (χ3n) is 2.64. The van der Waals surface area contributed by atoms with Crippen molar-refractivity contribution in [3.63, 3.8) is 0 Å². The molecule has 0 fully saturated rings.